The van der Waals surface area contributed by atoms with E-state index in [-0.39, 0.29) is 23.2 Å². The molecule has 0 amide bonds. The molecule has 4 rings (SSSR count). The van der Waals surface area contributed by atoms with E-state index in [2.05, 4.69) is 69.3 Å². The number of benzene rings is 1. The minimum atomic E-state index is -0.322. The first kappa shape index (κ1) is 19.4. The highest BCUT2D eigenvalue weighted by Gasteiger charge is 2.46. The van der Waals surface area contributed by atoms with Crippen molar-refractivity contribution in [3.8, 4) is 0 Å². The highest BCUT2D eigenvalue weighted by atomic mass is 16.7. The molecule has 4 nitrogen and oxygen atoms in total. The molecule has 2 aliphatic heterocycles. The Hall–Kier alpha value is -1.91. The lowest BCUT2D eigenvalue weighted by Crippen LogP contribution is -2.41. The average Bonchev–Trinajstić information content (AvgIpc) is 3.08. The van der Waals surface area contributed by atoms with Gasteiger partial charge in [-0.15, -0.1) is 0 Å². The number of hydrogen-bond acceptors (Lipinski definition) is 4. The number of ether oxygens (including phenoxy) is 3. The smallest absolute Gasteiger partial charge is 0.195 e. The van der Waals surface area contributed by atoms with E-state index in [1.54, 1.807) is 0 Å². The average molecular weight is 382 g/mol. The number of fused-ring (bicyclic) bond motifs is 1. The summed E-state index contributed by atoms with van der Waals surface area (Å²) in [6.07, 6.45) is 12.1. The van der Waals surface area contributed by atoms with Crippen molar-refractivity contribution in [2.24, 2.45) is 10.9 Å². The molecule has 0 spiro atoms. The van der Waals surface area contributed by atoms with Gasteiger partial charge in [0.25, 0.3) is 0 Å². The Morgan fingerprint density at radius 3 is 2.82 bits per heavy atom. The van der Waals surface area contributed by atoms with Crippen LogP contribution in [-0.2, 0) is 19.6 Å². The van der Waals surface area contributed by atoms with E-state index in [0.29, 0.717) is 13.2 Å². The molecule has 150 valence electrons. The van der Waals surface area contributed by atoms with E-state index < -0.39 is 0 Å². The summed E-state index contributed by atoms with van der Waals surface area (Å²) in [4.78, 5) is 4.94. The third kappa shape index (κ3) is 3.81. The van der Waals surface area contributed by atoms with Crippen molar-refractivity contribution in [3.63, 3.8) is 0 Å². The van der Waals surface area contributed by atoms with Crippen molar-refractivity contribution in [2.75, 3.05) is 19.8 Å². The lowest BCUT2D eigenvalue weighted by atomic mass is 9.67. The summed E-state index contributed by atoms with van der Waals surface area (Å²) in [6.45, 7) is 8.48. The number of nitrogens with zero attached hydrogens (tertiary/aromatic N) is 1. The van der Waals surface area contributed by atoms with Gasteiger partial charge in [0.1, 0.15) is 6.61 Å². The molecule has 0 bridgehead atoms. The van der Waals surface area contributed by atoms with Crippen molar-refractivity contribution in [3.05, 3.63) is 53.6 Å². The Kier molecular flexibility index (Phi) is 5.44. The predicted octanol–water partition coefficient (Wildman–Crippen LogP) is 4.89. The molecule has 28 heavy (non-hydrogen) atoms. The van der Waals surface area contributed by atoms with Crippen LogP contribution >= 0.6 is 0 Å². The van der Waals surface area contributed by atoms with Crippen LogP contribution in [0.2, 0.25) is 0 Å². The van der Waals surface area contributed by atoms with Crippen LogP contribution < -0.4 is 0 Å². The Labute approximate surface area is 168 Å². The normalized spacial score (nSPS) is 31.5. The van der Waals surface area contributed by atoms with Gasteiger partial charge in [0.05, 0.1) is 17.6 Å². The summed E-state index contributed by atoms with van der Waals surface area (Å²) in [5.74, 6) is 0.992. The van der Waals surface area contributed by atoms with Crippen molar-refractivity contribution in [2.45, 2.75) is 57.3 Å². The van der Waals surface area contributed by atoms with Gasteiger partial charge in [0.2, 0.25) is 0 Å². The highest BCUT2D eigenvalue weighted by Crippen LogP contribution is 2.44. The van der Waals surface area contributed by atoms with Gasteiger partial charge in [0, 0.05) is 12.5 Å². The van der Waals surface area contributed by atoms with Crippen LogP contribution in [0.5, 0.6) is 0 Å². The van der Waals surface area contributed by atoms with E-state index >= 15 is 0 Å². The molecule has 1 saturated heterocycles. The summed E-state index contributed by atoms with van der Waals surface area (Å²) in [5.41, 5.74) is 2.00. The third-order valence-electron chi connectivity index (χ3n) is 5.94. The zero-order valence-corrected chi connectivity index (χ0v) is 17.2. The Bertz CT molecular complexity index is 789. The maximum atomic E-state index is 6.13. The molecule has 0 aromatic heterocycles. The second kappa shape index (κ2) is 7.84. The molecule has 1 aromatic carbocycles. The summed E-state index contributed by atoms with van der Waals surface area (Å²) in [7, 11) is 0. The lowest BCUT2D eigenvalue weighted by Gasteiger charge is -2.38. The van der Waals surface area contributed by atoms with Gasteiger partial charge in [-0.2, -0.15) is 0 Å². The molecule has 3 atom stereocenters. The zero-order valence-electron chi connectivity index (χ0n) is 17.2. The lowest BCUT2D eigenvalue weighted by molar-refractivity contribution is -0.155. The SMILES string of the molecule is CC1(C)COC([C@]2(C)c3ccccc3C=C[C@@H]2/C=C\COC2CCCCO2)=N1. The predicted molar refractivity (Wildman–Crippen MR) is 112 cm³/mol. The van der Waals surface area contributed by atoms with Crippen LogP contribution in [0.1, 0.15) is 51.2 Å². The molecule has 0 radical (unpaired) electrons. The molecular weight excluding hydrogens is 350 g/mol. The Balaban J connectivity index is 1.56. The van der Waals surface area contributed by atoms with Crippen molar-refractivity contribution in [1.82, 2.24) is 0 Å². The largest absolute Gasteiger partial charge is 0.478 e. The zero-order chi connectivity index (χ0) is 19.6. The van der Waals surface area contributed by atoms with E-state index in [4.69, 9.17) is 19.2 Å². The summed E-state index contributed by atoms with van der Waals surface area (Å²) < 4.78 is 17.7. The number of hydrogen-bond donors (Lipinski definition) is 0. The quantitative estimate of drug-likeness (QED) is 0.682. The van der Waals surface area contributed by atoms with Crippen LogP contribution in [0.15, 0.2) is 47.5 Å². The highest BCUT2D eigenvalue weighted by molar-refractivity contribution is 5.92. The number of allylic oxidation sites excluding steroid dienone is 2. The maximum Gasteiger partial charge on any atom is 0.195 e. The van der Waals surface area contributed by atoms with Crippen LogP contribution in [0.4, 0.5) is 0 Å². The second-order valence-corrected chi connectivity index (χ2v) is 8.75. The monoisotopic (exact) mass is 381 g/mol. The fraction of sp³-hybridized carbons (Fsp3) is 0.542. The van der Waals surface area contributed by atoms with Gasteiger partial charge in [0.15, 0.2) is 12.2 Å². The molecule has 3 aliphatic rings. The number of rotatable bonds is 5. The van der Waals surface area contributed by atoms with Gasteiger partial charge < -0.3 is 14.2 Å². The Morgan fingerprint density at radius 1 is 1.21 bits per heavy atom. The Morgan fingerprint density at radius 2 is 2.07 bits per heavy atom. The maximum absolute atomic E-state index is 6.13. The van der Waals surface area contributed by atoms with Crippen LogP contribution in [-0.4, -0.2) is 37.5 Å². The minimum absolute atomic E-state index is 0.0595. The van der Waals surface area contributed by atoms with Gasteiger partial charge in [-0.1, -0.05) is 48.6 Å². The van der Waals surface area contributed by atoms with Gasteiger partial charge in [-0.3, -0.25) is 0 Å². The van der Waals surface area contributed by atoms with Crippen molar-refractivity contribution in [1.29, 1.82) is 0 Å². The first-order valence-electron chi connectivity index (χ1n) is 10.4. The standard InChI is InChI=1S/C24H31NO3/c1-23(2)17-28-22(25-23)24(3)19(14-13-18-9-4-5-11-20(18)24)10-8-16-27-21-12-6-7-15-26-21/h4-5,8-11,13-14,19,21H,6-7,12,15-17H2,1-3H3/b10-8-/t19-,21?,24-/m0/s1. The van der Waals surface area contributed by atoms with E-state index in [9.17, 15) is 0 Å². The summed E-state index contributed by atoms with van der Waals surface area (Å²) >= 11 is 0. The topological polar surface area (TPSA) is 40.0 Å². The molecule has 1 fully saturated rings. The van der Waals surface area contributed by atoms with E-state index in [1.807, 2.05) is 0 Å². The molecular formula is C24H31NO3. The van der Waals surface area contributed by atoms with Crippen LogP contribution in [0.3, 0.4) is 0 Å². The molecule has 1 aromatic rings. The van der Waals surface area contributed by atoms with Crippen molar-refractivity contribution < 1.29 is 14.2 Å². The first-order chi connectivity index (χ1) is 13.5. The van der Waals surface area contributed by atoms with Gasteiger partial charge in [-0.25, -0.2) is 4.99 Å². The molecule has 1 aliphatic carbocycles. The van der Waals surface area contributed by atoms with Crippen LogP contribution in [0, 0.1) is 5.92 Å². The van der Waals surface area contributed by atoms with Gasteiger partial charge in [-0.05, 0) is 51.2 Å². The first-order valence-corrected chi connectivity index (χ1v) is 10.4. The van der Waals surface area contributed by atoms with Crippen molar-refractivity contribution >= 4 is 12.0 Å². The number of aliphatic imine (C=N–C) groups is 1. The summed E-state index contributed by atoms with van der Waals surface area (Å²) in [5, 5.41) is 0. The molecule has 1 unspecified atom stereocenters. The fourth-order valence-corrected chi connectivity index (χ4v) is 4.27. The minimum Gasteiger partial charge on any atom is -0.478 e. The molecule has 0 N–H and O–H groups in total. The third-order valence-corrected chi connectivity index (χ3v) is 5.94. The van der Waals surface area contributed by atoms with Gasteiger partial charge >= 0.3 is 0 Å². The molecule has 2 heterocycles. The molecule has 4 heteroatoms. The van der Waals surface area contributed by atoms with Crippen LogP contribution in [0.25, 0.3) is 6.08 Å². The van der Waals surface area contributed by atoms with E-state index in [1.165, 1.54) is 17.5 Å². The summed E-state index contributed by atoms with van der Waals surface area (Å²) in [6, 6.07) is 8.54. The molecule has 0 saturated carbocycles. The van der Waals surface area contributed by atoms with E-state index in [0.717, 1.165) is 25.3 Å². The fourth-order valence-electron chi connectivity index (χ4n) is 4.27. The second-order valence-electron chi connectivity index (χ2n) is 8.75.